The molecule has 0 saturated carbocycles. The summed E-state index contributed by atoms with van der Waals surface area (Å²) in [5.41, 5.74) is 3.06. The van der Waals surface area contributed by atoms with E-state index in [1.165, 1.54) is 0 Å². The lowest BCUT2D eigenvalue weighted by Crippen LogP contribution is -2.00. The number of benzene rings is 2. The molecule has 4 nitrogen and oxygen atoms in total. The molecule has 0 atom stereocenters. The minimum atomic E-state index is -0.974. The third-order valence-corrected chi connectivity index (χ3v) is 4.19. The van der Waals surface area contributed by atoms with Gasteiger partial charge in [-0.25, -0.2) is 4.79 Å². The smallest absolute Gasteiger partial charge is 0.335 e. The van der Waals surface area contributed by atoms with Crippen LogP contribution in [0.15, 0.2) is 71.3 Å². The summed E-state index contributed by atoms with van der Waals surface area (Å²) in [6.45, 7) is 0. The summed E-state index contributed by atoms with van der Waals surface area (Å²) in [5, 5.41) is 18.7. The van der Waals surface area contributed by atoms with Crippen molar-refractivity contribution in [2.45, 2.75) is 0 Å². The first-order valence-corrected chi connectivity index (χ1v) is 8.26. The van der Waals surface area contributed by atoms with Crippen molar-refractivity contribution in [3.8, 4) is 11.8 Å². The lowest BCUT2D eigenvalue weighted by Gasteiger charge is -2.08. The number of hydrogen-bond acceptors (Lipinski definition) is 2. The molecule has 0 bridgehead atoms. The van der Waals surface area contributed by atoms with Crippen molar-refractivity contribution in [3.63, 3.8) is 0 Å². The molecule has 0 unspecified atom stereocenters. The van der Waals surface area contributed by atoms with Crippen molar-refractivity contribution in [2.24, 2.45) is 0 Å². The summed E-state index contributed by atoms with van der Waals surface area (Å²) < 4.78 is 2.75. The highest BCUT2D eigenvalue weighted by Crippen LogP contribution is 2.23. The molecule has 5 heteroatoms. The lowest BCUT2D eigenvalue weighted by atomic mass is 10.1. The van der Waals surface area contributed by atoms with Crippen LogP contribution in [0.25, 0.3) is 17.3 Å². The maximum atomic E-state index is 11.2. The van der Waals surface area contributed by atoms with Crippen LogP contribution in [0.4, 0.5) is 0 Å². The number of carboxylic acid groups (broad SMARTS) is 1. The van der Waals surface area contributed by atoms with Gasteiger partial charge < -0.3 is 9.67 Å². The second-order valence-electron chi connectivity index (χ2n) is 5.34. The molecule has 0 aliphatic carbocycles. The average Bonchev–Trinajstić information content (AvgIpc) is 3.08. The standard InChI is InChI=1S/C20H13BrN2O2/c21-17-6-1-4-14(10-17)16(13-22)12-19-8-3-9-23(19)18-7-2-5-15(11-18)20(24)25/h1-12H,(H,24,25)/b16-12-. The summed E-state index contributed by atoms with van der Waals surface area (Å²) in [6, 6.07) is 20.2. The van der Waals surface area contributed by atoms with E-state index in [2.05, 4.69) is 22.0 Å². The van der Waals surface area contributed by atoms with Crippen LogP contribution in [0.2, 0.25) is 0 Å². The zero-order valence-electron chi connectivity index (χ0n) is 13.1. The number of aromatic carboxylic acids is 1. The molecule has 1 aromatic heterocycles. The molecule has 3 aromatic rings. The Morgan fingerprint density at radius 3 is 2.56 bits per heavy atom. The Morgan fingerprint density at radius 2 is 1.84 bits per heavy atom. The Morgan fingerprint density at radius 1 is 1.08 bits per heavy atom. The summed E-state index contributed by atoms with van der Waals surface area (Å²) in [7, 11) is 0. The molecule has 0 amide bonds. The predicted octanol–water partition coefficient (Wildman–Crippen LogP) is 5.00. The van der Waals surface area contributed by atoms with Gasteiger partial charge in [0.05, 0.1) is 17.2 Å². The molecular formula is C20H13BrN2O2. The van der Waals surface area contributed by atoms with E-state index in [1.807, 2.05) is 53.2 Å². The van der Waals surface area contributed by atoms with Gasteiger partial charge in [0.1, 0.15) is 0 Å². The van der Waals surface area contributed by atoms with Crippen LogP contribution in [-0.2, 0) is 0 Å². The van der Waals surface area contributed by atoms with E-state index in [-0.39, 0.29) is 5.56 Å². The number of aromatic nitrogens is 1. The van der Waals surface area contributed by atoms with E-state index in [0.717, 1.165) is 21.4 Å². The van der Waals surface area contributed by atoms with Crippen LogP contribution in [0.5, 0.6) is 0 Å². The number of carboxylic acids is 1. The van der Waals surface area contributed by atoms with Gasteiger partial charge in [0, 0.05) is 22.1 Å². The highest BCUT2D eigenvalue weighted by atomic mass is 79.9. The summed E-state index contributed by atoms with van der Waals surface area (Å²) >= 11 is 3.41. The van der Waals surface area contributed by atoms with E-state index in [1.54, 1.807) is 24.3 Å². The number of halogens is 1. The number of nitriles is 1. The first kappa shape index (κ1) is 16.7. The molecule has 122 valence electrons. The van der Waals surface area contributed by atoms with Gasteiger partial charge in [-0.2, -0.15) is 5.26 Å². The van der Waals surface area contributed by atoms with E-state index in [4.69, 9.17) is 5.11 Å². The van der Waals surface area contributed by atoms with Gasteiger partial charge in [0.15, 0.2) is 0 Å². The Balaban J connectivity index is 2.06. The van der Waals surface area contributed by atoms with Gasteiger partial charge in [-0.1, -0.05) is 34.1 Å². The molecule has 0 aliphatic heterocycles. The molecule has 3 rings (SSSR count). The van der Waals surface area contributed by atoms with Crippen molar-refractivity contribution >= 4 is 33.5 Å². The maximum Gasteiger partial charge on any atom is 0.335 e. The Kier molecular flexibility index (Phi) is 4.82. The Hall–Kier alpha value is -3.10. The van der Waals surface area contributed by atoms with Crippen molar-refractivity contribution in [1.82, 2.24) is 4.57 Å². The number of nitrogens with zero attached hydrogens (tertiary/aromatic N) is 2. The molecule has 0 fully saturated rings. The fourth-order valence-corrected chi connectivity index (χ4v) is 2.92. The van der Waals surface area contributed by atoms with Crippen LogP contribution in [0.3, 0.4) is 0 Å². The minimum absolute atomic E-state index is 0.216. The third-order valence-electron chi connectivity index (χ3n) is 3.70. The number of hydrogen-bond donors (Lipinski definition) is 1. The first-order chi connectivity index (χ1) is 12.1. The Labute approximate surface area is 153 Å². The van der Waals surface area contributed by atoms with E-state index >= 15 is 0 Å². The van der Waals surface area contributed by atoms with Crippen molar-refractivity contribution in [1.29, 1.82) is 5.26 Å². The molecule has 0 saturated heterocycles. The number of rotatable bonds is 4. The highest BCUT2D eigenvalue weighted by molar-refractivity contribution is 9.10. The van der Waals surface area contributed by atoms with Crippen molar-refractivity contribution in [3.05, 3.63) is 88.2 Å². The van der Waals surface area contributed by atoms with Crippen LogP contribution in [-0.4, -0.2) is 15.6 Å². The summed E-state index contributed by atoms with van der Waals surface area (Å²) in [4.78, 5) is 11.2. The zero-order valence-corrected chi connectivity index (χ0v) is 14.6. The zero-order chi connectivity index (χ0) is 17.8. The Bertz CT molecular complexity index is 1010. The molecular weight excluding hydrogens is 380 g/mol. The third kappa shape index (κ3) is 3.70. The van der Waals surface area contributed by atoms with Crippen LogP contribution < -0.4 is 0 Å². The summed E-state index contributed by atoms with van der Waals surface area (Å²) in [6.07, 6.45) is 3.62. The first-order valence-electron chi connectivity index (χ1n) is 7.47. The van der Waals surface area contributed by atoms with Crippen molar-refractivity contribution < 1.29 is 9.90 Å². The molecule has 0 aliphatic rings. The molecule has 1 heterocycles. The monoisotopic (exact) mass is 392 g/mol. The second-order valence-corrected chi connectivity index (χ2v) is 6.25. The topological polar surface area (TPSA) is 66.0 Å². The van der Waals surface area contributed by atoms with Gasteiger partial charge in [0.25, 0.3) is 0 Å². The van der Waals surface area contributed by atoms with Gasteiger partial charge >= 0.3 is 5.97 Å². The van der Waals surface area contributed by atoms with Crippen molar-refractivity contribution in [2.75, 3.05) is 0 Å². The fraction of sp³-hybridized carbons (Fsp3) is 0. The van der Waals surface area contributed by atoms with E-state index in [0.29, 0.717) is 5.57 Å². The number of carbonyl (C=O) groups is 1. The van der Waals surface area contributed by atoms with E-state index in [9.17, 15) is 10.1 Å². The van der Waals surface area contributed by atoms with Gasteiger partial charge in [0.2, 0.25) is 0 Å². The van der Waals surface area contributed by atoms with Crippen LogP contribution >= 0.6 is 15.9 Å². The largest absolute Gasteiger partial charge is 0.478 e. The maximum absolute atomic E-state index is 11.2. The van der Waals surface area contributed by atoms with Gasteiger partial charge in [-0.05, 0) is 54.1 Å². The highest BCUT2D eigenvalue weighted by Gasteiger charge is 2.08. The van der Waals surface area contributed by atoms with E-state index < -0.39 is 5.97 Å². The SMILES string of the molecule is N#C/C(=C/c1cccn1-c1cccc(C(=O)O)c1)c1cccc(Br)c1. The molecule has 0 spiro atoms. The normalized spacial score (nSPS) is 11.1. The fourth-order valence-electron chi connectivity index (χ4n) is 2.52. The van der Waals surface area contributed by atoms with Gasteiger partial charge in [-0.3, -0.25) is 0 Å². The second kappa shape index (κ2) is 7.20. The molecule has 0 radical (unpaired) electrons. The molecule has 2 aromatic carbocycles. The lowest BCUT2D eigenvalue weighted by molar-refractivity contribution is 0.0697. The predicted molar refractivity (Wildman–Crippen MR) is 100 cm³/mol. The van der Waals surface area contributed by atoms with Crippen LogP contribution in [0, 0.1) is 11.3 Å². The quantitative estimate of drug-likeness (QED) is 0.635. The number of allylic oxidation sites excluding steroid dienone is 1. The molecule has 25 heavy (non-hydrogen) atoms. The summed E-state index contributed by atoms with van der Waals surface area (Å²) in [5.74, 6) is -0.974. The molecule has 1 N–H and O–H groups in total. The average molecular weight is 393 g/mol. The minimum Gasteiger partial charge on any atom is -0.478 e. The van der Waals surface area contributed by atoms with Gasteiger partial charge in [-0.15, -0.1) is 0 Å². The van der Waals surface area contributed by atoms with Crippen LogP contribution in [0.1, 0.15) is 21.6 Å².